The number of rotatable bonds is 3. The van der Waals surface area contributed by atoms with E-state index in [-0.39, 0.29) is 5.82 Å². The fourth-order valence-corrected chi connectivity index (χ4v) is 3.32. The van der Waals surface area contributed by atoms with Crippen LogP contribution in [0.2, 0.25) is 5.02 Å². The zero-order valence-electron chi connectivity index (χ0n) is 14.2. The summed E-state index contributed by atoms with van der Waals surface area (Å²) in [5, 5.41) is 0.376. The highest BCUT2D eigenvalue weighted by atomic mass is 35.5. The number of anilines is 3. The number of hydrogen-bond acceptors (Lipinski definition) is 7. The first-order valence-electron chi connectivity index (χ1n) is 8.62. The van der Waals surface area contributed by atoms with Crippen LogP contribution >= 0.6 is 11.6 Å². The molecule has 4 heterocycles. The average molecular weight is 379 g/mol. The summed E-state index contributed by atoms with van der Waals surface area (Å²) in [6.45, 7) is 3.73. The summed E-state index contributed by atoms with van der Waals surface area (Å²) in [7, 11) is 0. The Labute approximate surface area is 155 Å². The molecule has 2 aromatic heterocycles. The van der Waals surface area contributed by atoms with Gasteiger partial charge in [0.1, 0.15) is 17.8 Å². The number of halogens is 2. The largest absolute Gasteiger partial charge is 0.382 e. The molecule has 2 N–H and O–H groups in total. The molecule has 4 rings (SSSR count). The second kappa shape index (κ2) is 7.20. The van der Waals surface area contributed by atoms with Crippen molar-refractivity contribution < 1.29 is 9.13 Å². The molecule has 0 spiro atoms. The van der Waals surface area contributed by atoms with Crippen LogP contribution in [0, 0.1) is 0 Å². The third-order valence-corrected chi connectivity index (χ3v) is 4.92. The third-order valence-electron chi connectivity index (χ3n) is 4.61. The summed E-state index contributed by atoms with van der Waals surface area (Å²) in [5.41, 5.74) is 7.15. The topological polar surface area (TPSA) is 80.4 Å². The van der Waals surface area contributed by atoms with Gasteiger partial charge in [-0.3, -0.25) is 0 Å². The van der Waals surface area contributed by atoms with Crippen molar-refractivity contribution in [2.75, 3.05) is 54.9 Å². The van der Waals surface area contributed by atoms with Crippen LogP contribution in [-0.2, 0) is 4.74 Å². The highest BCUT2D eigenvalue weighted by molar-refractivity contribution is 6.33. The lowest BCUT2D eigenvalue weighted by molar-refractivity contribution is 0.122. The average Bonchev–Trinajstić information content (AvgIpc) is 3.11. The molecular weight excluding hydrogens is 359 g/mol. The van der Waals surface area contributed by atoms with Crippen LogP contribution in [0.25, 0.3) is 11.3 Å². The predicted molar refractivity (Wildman–Crippen MR) is 99.4 cm³/mol. The molecule has 2 fully saturated rings. The van der Waals surface area contributed by atoms with Crippen molar-refractivity contribution in [1.82, 2.24) is 15.0 Å². The van der Waals surface area contributed by atoms with E-state index < -0.39 is 6.17 Å². The molecule has 0 aliphatic carbocycles. The van der Waals surface area contributed by atoms with Crippen LogP contribution in [0.4, 0.5) is 22.0 Å². The minimum atomic E-state index is -0.846. The summed E-state index contributed by atoms with van der Waals surface area (Å²) in [6.07, 6.45) is 1.29. The van der Waals surface area contributed by atoms with Crippen LogP contribution in [0.15, 0.2) is 18.3 Å². The van der Waals surface area contributed by atoms with Gasteiger partial charge in [0.15, 0.2) is 0 Å². The molecule has 1 unspecified atom stereocenters. The Morgan fingerprint density at radius 3 is 2.65 bits per heavy atom. The Hall–Kier alpha value is -2.19. The van der Waals surface area contributed by atoms with Gasteiger partial charge >= 0.3 is 0 Å². The quantitative estimate of drug-likeness (QED) is 0.876. The Bertz CT molecular complexity index is 778. The van der Waals surface area contributed by atoms with Crippen molar-refractivity contribution in [3.63, 3.8) is 0 Å². The van der Waals surface area contributed by atoms with E-state index in [1.54, 1.807) is 12.3 Å². The fourth-order valence-electron chi connectivity index (χ4n) is 3.15. The lowest BCUT2D eigenvalue weighted by Crippen LogP contribution is -2.37. The van der Waals surface area contributed by atoms with Gasteiger partial charge in [-0.05, 0) is 12.5 Å². The summed E-state index contributed by atoms with van der Waals surface area (Å²) in [4.78, 5) is 17.5. The highest BCUT2D eigenvalue weighted by Crippen LogP contribution is 2.29. The van der Waals surface area contributed by atoms with Crippen LogP contribution in [-0.4, -0.2) is 60.5 Å². The first-order chi connectivity index (χ1) is 12.6. The number of morpholine rings is 1. The van der Waals surface area contributed by atoms with E-state index in [2.05, 4.69) is 19.9 Å². The molecule has 2 aliphatic rings. The van der Waals surface area contributed by atoms with Gasteiger partial charge in [-0.15, -0.1) is 0 Å². The first kappa shape index (κ1) is 17.2. The molecule has 26 heavy (non-hydrogen) atoms. The molecule has 0 amide bonds. The van der Waals surface area contributed by atoms with Crippen molar-refractivity contribution >= 4 is 29.2 Å². The molecule has 7 nitrogen and oxygen atoms in total. The van der Waals surface area contributed by atoms with E-state index in [0.29, 0.717) is 49.4 Å². The third kappa shape index (κ3) is 3.52. The molecule has 2 aliphatic heterocycles. The zero-order valence-corrected chi connectivity index (χ0v) is 15.0. The van der Waals surface area contributed by atoms with Gasteiger partial charge in [0.2, 0.25) is 5.95 Å². The molecule has 138 valence electrons. The molecular formula is C17H20ClFN6O. The van der Waals surface area contributed by atoms with Crippen molar-refractivity contribution in [2.24, 2.45) is 0 Å². The maximum absolute atomic E-state index is 13.7. The molecule has 2 saturated heterocycles. The molecule has 2 aromatic rings. The smallest absolute Gasteiger partial charge is 0.227 e. The minimum Gasteiger partial charge on any atom is -0.382 e. The number of hydrogen-bond donors (Lipinski definition) is 1. The standard InChI is InChI=1S/C17H20ClFN6O/c18-13-7-11(9-21-16(13)20)14-8-15(24-3-5-26-6-4-24)23-17(22-14)25-2-1-12(19)10-25/h7-9,12H,1-6,10H2,(H2,20,21). The second-order valence-corrected chi connectivity index (χ2v) is 6.84. The summed E-state index contributed by atoms with van der Waals surface area (Å²) >= 11 is 6.12. The second-order valence-electron chi connectivity index (χ2n) is 6.43. The van der Waals surface area contributed by atoms with E-state index in [4.69, 9.17) is 22.1 Å². The number of nitrogen functional groups attached to an aromatic ring is 1. The Morgan fingerprint density at radius 1 is 1.15 bits per heavy atom. The fraction of sp³-hybridized carbons (Fsp3) is 0.471. The van der Waals surface area contributed by atoms with Crippen molar-refractivity contribution in [2.45, 2.75) is 12.6 Å². The number of aromatic nitrogens is 3. The lowest BCUT2D eigenvalue weighted by Gasteiger charge is -2.29. The Balaban J connectivity index is 1.75. The number of alkyl halides is 1. The number of nitrogens with two attached hydrogens (primary N) is 1. The number of nitrogens with zero attached hydrogens (tertiary/aromatic N) is 5. The van der Waals surface area contributed by atoms with Crippen molar-refractivity contribution in [1.29, 1.82) is 0 Å². The van der Waals surface area contributed by atoms with Gasteiger partial charge in [0.25, 0.3) is 0 Å². The van der Waals surface area contributed by atoms with Gasteiger partial charge in [0, 0.05) is 37.5 Å². The van der Waals surface area contributed by atoms with Crippen molar-refractivity contribution in [3.05, 3.63) is 23.4 Å². The molecule has 0 aromatic carbocycles. The molecule has 0 bridgehead atoms. The number of ether oxygens (including phenoxy) is 1. The van der Waals surface area contributed by atoms with Gasteiger partial charge in [-0.2, -0.15) is 4.98 Å². The normalized spacial score (nSPS) is 20.6. The van der Waals surface area contributed by atoms with Crippen LogP contribution in [0.3, 0.4) is 0 Å². The Kier molecular flexibility index (Phi) is 4.78. The summed E-state index contributed by atoms with van der Waals surface area (Å²) < 4.78 is 19.1. The molecule has 0 saturated carbocycles. The molecule has 9 heteroatoms. The predicted octanol–water partition coefficient (Wildman–Crippen LogP) is 2.16. The van der Waals surface area contributed by atoms with Crippen LogP contribution in [0.1, 0.15) is 6.42 Å². The maximum Gasteiger partial charge on any atom is 0.227 e. The summed E-state index contributed by atoms with van der Waals surface area (Å²) in [6, 6.07) is 3.64. The van der Waals surface area contributed by atoms with Gasteiger partial charge < -0.3 is 20.3 Å². The van der Waals surface area contributed by atoms with E-state index in [1.165, 1.54) is 0 Å². The minimum absolute atomic E-state index is 0.276. The van der Waals surface area contributed by atoms with E-state index in [1.807, 2.05) is 11.0 Å². The Morgan fingerprint density at radius 2 is 1.96 bits per heavy atom. The van der Waals surface area contributed by atoms with Crippen LogP contribution in [0.5, 0.6) is 0 Å². The van der Waals surface area contributed by atoms with E-state index >= 15 is 0 Å². The molecule has 1 atom stereocenters. The zero-order chi connectivity index (χ0) is 18.1. The number of pyridine rings is 1. The SMILES string of the molecule is Nc1ncc(-c2cc(N3CCOCC3)nc(N3CCC(F)C3)n2)cc1Cl. The lowest BCUT2D eigenvalue weighted by atomic mass is 10.2. The molecule has 0 radical (unpaired) electrons. The van der Waals surface area contributed by atoms with Crippen molar-refractivity contribution in [3.8, 4) is 11.3 Å². The van der Waals surface area contributed by atoms with Crippen LogP contribution < -0.4 is 15.5 Å². The van der Waals surface area contributed by atoms with E-state index in [0.717, 1.165) is 24.5 Å². The maximum atomic E-state index is 13.7. The summed E-state index contributed by atoms with van der Waals surface area (Å²) in [5.74, 6) is 1.60. The first-order valence-corrected chi connectivity index (χ1v) is 9.00. The van der Waals surface area contributed by atoms with Gasteiger partial charge in [-0.25, -0.2) is 14.4 Å². The highest BCUT2D eigenvalue weighted by Gasteiger charge is 2.26. The monoisotopic (exact) mass is 378 g/mol. The van der Waals surface area contributed by atoms with E-state index in [9.17, 15) is 4.39 Å². The van der Waals surface area contributed by atoms with Gasteiger partial charge in [0.05, 0.1) is 30.5 Å². The van der Waals surface area contributed by atoms with Gasteiger partial charge in [-0.1, -0.05) is 11.6 Å².